The molecule has 3 heterocycles. The number of halogens is 1. The molecule has 8 nitrogen and oxygen atoms in total. The van der Waals surface area contributed by atoms with E-state index in [0.717, 1.165) is 0 Å². The zero-order valence-corrected chi connectivity index (χ0v) is 19.5. The van der Waals surface area contributed by atoms with E-state index in [1.165, 1.54) is 23.1 Å². The summed E-state index contributed by atoms with van der Waals surface area (Å²) < 4.78 is 20.0. The number of ether oxygens (including phenoxy) is 1. The largest absolute Gasteiger partial charge is 0.507 e. The summed E-state index contributed by atoms with van der Waals surface area (Å²) in [6.45, 7) is 5.02. The SMILES string of the molecule is CCOC(=O)c1[nH]c(C)c(/C(O)=C2\C(=O)C(=O)N(Cc3cccnc3)C2c2ccccc2F)c1C. The second kappa shape index (κ2) is 9.54. The van der Waals surface area contributed by atoms with Crippen LogP contribution in [0, 0.1) is 19.7 Å². The molecule has 2 N–H and O–H groups in total. The number of Topliss-reactive ketones (excluding diaryl/α,β-unsaturated/α-hetero) is 1. The summed E-state index contributed by atoms with van der Waals surface area (Å²) in [5.41, 5.74) is 1.50. The number of pyridine rings is 1. The number of nitrogens with one attached hydrogen (secondary N) is 1. The predicted molar refractivity (Wildman–Crippen MR) is 125 cm³/mol. The lowest BCUT2D eigenvalue weighted by Crippen LogP contribution is -2.29. The normalized spacial score (nSPS) is 17.1. The molecule has 1 amide bonds. The van der Waals surface area contributed by atoms with E-state index in [9.17, 15) is 23.9 Å². The number of amides is 1. The maximum Gasteiger partial charge on any atom is 0.355 e. The van der Waals surface area contributed by atoms with Gasteiger partial charge in [0.2, 0.25) is 0 Å². The molecular formula is C26H24FN3O5. The number of carbonyl (C=O) groups excluding carboxylic acids is 3. The maximum atomic E-state index is 15.0. The van der Waals surface area contributed by atoms with Gasteiger partial charge in [-0.15, -0.1) is 0 Å². The number of nitrogens with zero attached hydrogens (tertiary/aromatic N) is 2. The van der Waals surface area contributed by atoms with E-state index in [0.29, 0.717) is 16.8 Å². The second-order valence-electron chi connectivity index (χ2n) is 8.16. The monoisotopic (exact) mass is 477 g/mol. The summed E-state index contributed by atoms with van der Waals surface area (Å²) in [4.78, 5) is 46.8. The molecule has 3 aromatic rings. The van der Waals surface area contributed by atoms with E-state index >= 15 is 0 Å². The van der Waals surface area contributed by atoms with Gasteiger partial charge < -0.3 is 19.7 Å². The Morgan fingerprint density at radius 2 is 1.94 bits per heavy atom. The van der Waals surface area contributed by atoms with Gasteiger partial charge in [0, 0.05) is 35.8 Å². The number of rotatable bonds is 6. The Morgan fingerprint density at radius 1 is 1.20 bits per heavy atom. The van der Waals surface area contributed by atoms with Gasteiger partial charge in [0.25, 0.3) is 11.7 Å². The van der Waals surface area contributed by atoms with Crippen molar-refractivity contribution in [2.75, 3.05) is 6.61 Å². The van der Waals surface area contributed by atoms with Crippen LogP contribution in [0.5, 0.6) is 0 Å². The van der Waals surface area contributed by atoms with E-state index in [1.807, 2.05) is 0 Å². The Balaban J connectivity index is 1.91. The standard InChI is InChI=1S/C26H24FN3O5/c1-4-35-26(34)21-14(2)19(15(3)29-21)23(31)20-22(17-9-5-6-10-18(17)27)30(25(33)24(20)32)13-16-8-7-11-28-12-16/h5-12,22,29,31H,4,13H2,1-3H3/b23-20+. The topological polar surface area (TPSA) is 113 Å². The number of aryl methyl sites for hydroxylation is 1. The molecule has 0 aliphatic carbocycles. The van der Waals surface area contributed by atoms with Crippen LogP contribution in [0.1, 0.15) is 51.4 Å². The number of hydrogen-bond donors (Lipinski definition) is 2. The molecule has 1 fully saturated rings. The van der Waals surface area contributed by atoms with Crippen molar-refractivity contribution in [3.8, 4) is 0 Å². The number of aliphatic hydroxyl groups excluding tert-OH is 1. The summed E-state index contributed by atoms with van der Waals surface area (Å²) >= 11 is 0. The third kappa shape index (κ3) is 4.21. The minimum atomic E-state index is -1.18. The highest BCUT2D eigenvalue weighted by atomic mass is 19.1. The lowest BCUT2D eigenvalue weighted by Gasteiger charge is -2.25. The number of likely N-dealkylation sites (tertiary alicyclic amines) is 1. The average Bonchev–Trinajstić information content (AvgIpc) is 3.27. The third-order valence-corrected chi connectivity index (χ3v) is 5.97. The van der Waals surface area contributed by atoms with Crippen LogP contribution in [-0.2, 0) is 20.9 Å². The molecule has 0 saturated carbocycles. The quantitative estimate of drug-likeness (QED) is 0.241. The van der Waals surface area contributed by atoms with E-state index in [2.05, 4.69) is 9.97 Å². The van der Waals surface area contributed by atoms with E-state index < -0.39 is 35.3 Å². The molecule has 1 unspecified atom stereocenters. The third-order valence-electron chi connectivity index (χ3n) is 5.97. The van der Waals surface area contributed by atoms with E-state index in [1.54, 1.807) is 51.4 Å². The maximum absolute atomic E-state index is 15.0. The summed E-state index contributed by atoms with van der Waals surface area (Å²) in [5, 5.41) is 11.4. The van der Waals surface area contributed by atoms with Crippen LogP contribution in [0.2, 0.25) is 0 Å². The Hall–Kier alpha value is -4.27. The van der Waals surface area contributed by atoms with Gasteiger partial charge in [-0.05, 0) is 44.0 Å². The van der Waals surface area contributed by atoms with Crippen molar-refractivity contribution >= 4 is 23.4 Å². The fourth-order valence-corrected chi connectivity index (χ4v) is 4.40. The molecule has 0 spiro atoms. The fraction of sp³-hybridized carbons (Fsp3) is 0.231. The van der Waals surface area contributed by atoms with Gasteiger partial charge in [-0.1, -0.05) is 24.3 Å². The van der Waals surface area contributed by atoms with Crippen LogP contribution >= 0.6 is 0 Å². The van der Waals surface area contributed by atoms with Crippen molar-refractivity contribution in [3.05, 3.63) is 93.8 Å². The van der Waals surface area contributed by atoms with Crippen molar-refractivity contribution in [3.63, 3.8) is 0 Å². The molecule has 1 aromatic carbocycles. The van der Waals surface area contributed by atoms with Crippen LogP contribution in [0.4, 0.5) is 4.39 Å². The molecule has 1 saturated heterocycles. The number of aromatic amines is 1. The molecule has 180 valence electrons. The highest BCUT2D eigenvalue weighted by Gasteiger charge is 2.47. The number of H-pyrrole nitrogens is 1. The van der Waals surface area contributed by atoms with E-state index in [4.69, 9.17) is 4.74 Å². The average molecular weight is 477 g/mol. The first-order valence-electron chi connectivity index (χ1n) is 11.0. The highest BCUT2D eigenvalue weighted by molar-refractivity contribution is 6.46. The van der Waals surface area contributed by atoms with Crippen LogP contribution in [0.3, 0.4) is 0 Å². The lowest BCUT2D eigenvalue weighted by molar-refractivity contribution is -0.140. The van der Waals surface area contributed by atoms with Crippen LogP contribution in [-0.4, -0.2) is 44.2 Å². The van der Waals surface area contributed by atoms with Crippen LogP contribution in [0.25, 0.3) is 5.76 Å². The van der Waals surface area contributed by atoms with Gasteiger partial charge in [0.15, 0.2) is 0 Å². The first-order valence-corrected chi connectivity index (χ1v) is 11.0. The summed E-state index contributed by atoms with van der Waals surface area (Å²) in [6, 6.07) is 8.02. The molecule has 1 aliphatic heterocycles. The van der Waals surface area contributed by atoms with Crippen molar-refractivity contribution in [2.24, 2.45) is 0 Å². The molecule has 2 aromatic heterocycles. The number of ketones is 1. The molecule has 0 radical (unpaired) electrons. The zero-order chi connectivity index (χ0) is 25.3. The number of hydrogen-bond acceptors (Lipinski definition) is 6. The summed E-state index contributed by atoms with van der Waals surface area (Å²) in [6.07, 6.45) is 3.12. The van der Waals surface area contributed by atoms with Gasteiger partial charge in [-0.2, -0.15) is 0 Å². The Labute approximate surface area is 201 Å². The number of carbonyl (C=O) groups is 3. The van der Waals surface area contributed by atoms with Crippen LogP contribution in [0.15, 0.2) is 54.4 Å². The molecule has 1 aliphatic rings. The second-order valence-corrected chi connectivity index (χ2v) is 8.16. The highest BCUT2D eigenvalue weighted by Crippen LogP contribution is 2.42. The van der Waals surface area contributed by atoms with E-state index in [-0.39, 0.29) is 35.5 Å². The molecule has 0 bridgehead atoms. The first kappa shape index (κ1) is 23.9. The van der Waals surface area contributed by atoms with Gasteiger partial charge >= 0.3 is 5.97 Å². The molecule has 4 rings (SSSR count). The van der Waals surface area contributed by atoms with Crippen molar-refractivity contribution < 1.29 is 28.6 Å². The van der Waals surface area contributed by atoms with Crippen molar-refractivity contribution in [1.29, 1.82) is 0 Å². The molecular weight excluding hydrogens is 453 g/mol. The predicted octanol–water partition coefficient (Wildman–Crippen LogP) is 3.96. The first-order chi connectivity index (χ1) is 16.8. The number of esters is 1. The van der Waals surface area contributed by atoms with Gasteiger partial charge in [-0.25, -0.2) is 9.18 Å². The number of aliphatic hydroxyl groups is 1. The van der Waals surface area contributed by atoms with Crippen LogP contribution < -0.4 is 0 Å². The van der Waals surface area contributed by atoms with Gasteiger partial charge in [0.1, 0.15) is 17.3 Å². The lowest BCUT2D eigenvalue weighted by atomic mass is 9.93. The fourth-order valence-electron chi connectivity index (χ4n) is 4.40. The summed E-state index contributed by atoms with van der Waals surface area (Å²) in [7, 11) is 0. The Morgan fingerprint density at radius 3 is 2.60 bits per heavy atom. The number of aromatic nitrogens is 2. The van der Waals surface area contributed by atoms with Gasteiger partial charge in [-0.3, -0.25) is 14.6 Å². The Kier molecular flexibility index (Phi) is 6.50. The smallest absolute Gasteiger partial charge is 0.355 e. The Bertz CT molecular complexity index is 1350. The van der Waals surface area contributed by atoms with Crippen molar-refractivity contribution in [2.45, 2.75) is 33.4 Å². The minimum Gasteiger partial charge on any atom is -0.507 e. The number of benzene rings is 1. The summed E-state index contributed by atoms with van der Waals surface area (Å²) in [5.74, 6) is -3.56. The molecule has 9 heteroatoms. The van der Waals surface area contributed by atoms with Gasteiger partial charge in [0.05, 0.1) is 18.2 Å². The molecule has 1 atom stereocenters. The zero-order valence-electron chi connectivity index (χ0n) is 19.5. The van der Waals surface area contributed by atoms with Crippen molar-refractivity contribution in [1.82, 2.24) is 14.9 Å². The minimum absolute atomic E-state index is 0.0205. The molecule has 35 heavy (non-hydrogen) atoms.